The summed E-state index contributed by atoms with van der Waals surface area (Å²) in [5.74, 6) is 0. The average molecular weight is 164 g/mol. The molecule has 1 rings (SSSR count). The summed E-state index contributed by atoms with van der Waals surface area (Å²) in [6.07, 6.45) is 3.00. The SMILES string of the molecule is CS(=O)(=O)C1CC[NH2+]CC1. The number of sulfone groups is 1. The lowest BCUT2D eigenvalue weighted by molar-refractivity contribution is -0.661. The van der Waals surface area contributed by atoms with Crippen LogP contribution in [0.25, 0.3) is 0 Å². The van der Waals surface area contributed by atoms with E-state index in [1.807, 2.05) is 0 Å². The minimum atomic E-state index is -2.75. The van der Waals surface area contributed by atoms with Crippen molar-refractivity contribution in [1.82, 2.24) is 0 Å². The van der Waals surface area contributed by atoms with Gasteiger partial charge in [-0.1, -0.05) is 0 Å². The first kappa shape index (κ1) is 8.01. The van der Waals surface area contributed by atoms with E-state index < -0.39 is 9.84 Å². The molecule has 1 fully saturated rings. The zero-order valence-electron chi connectivity index (χ0n) is 6.21. The van der Waals surface area contributed by atoms with Gasteiger partial charge in [0.1, 0.15) is 0 Å². The van der Waals surface area contributed by atoms with Gasteiger partial charge in [0.05, 0.1) is 18.3 Å². The number of quaternary nitrogens is 1. The summed E-state index contributed by atoms with van der Waals surface area (Å²) in [6, 6.07) is 0. The largest absolute Gasteiger partial charge is 0.346 e. The fourth-order valence-corrected chi connectivity index (χ4v) is 2.45. The fourth-order valence-electron chi connectivity index (χ4n) is 1.32. The van der Waals surface area contributed by atoms with Crippen LogP contribution in [0.15, 0.2) is 0 Å². The molecule has 1 aliphatic rings. The second kappa shape index (κ2) is 2.88. The summed E-state index contributed by atoms with van der Waals surface area (Å²) in [5, 5.41) is 2.11. The highest BCUT2D eigenvalue weighted by Gasteiger charge is 2.24. The Bertz CT molecular complexity index is 192. The van der Waals surface area contributed by atoms with Crippen molar-refractivity contribution in [2.24, 2.45) is 0 Å². The molecule has 4 heteroatoms. The molecular weight excluding hydrogens is 150 g/mol. The molecule has 60 valence electrons. The molecule has 1 aliphatic heterocycles. The van der Waals surface area contributed by atoms with Crippen LogP contribution in [0.1, 0.15) is 12.8 Å². The van der Waals surface area contributed by atoms with Crippen LogP contribution < -0.4 is 5.32 Å². The van der Waals surface area contributed by atoms with E-state index in [1.54, 1.807) is 0 Å². The molecule has 0 aromatic rings. The zero-order valence-corrected chi connectivity index (χ0v) is 7.02. The molecule has 0 aliphatic carbocycles. The third-order valence-electron chi connectivity index (χ3n) is 1.99. The van der Waals surface area contributed by atoms with Gasteiger partial charge in [-0.05, 0) is 0 Å². The molecule has 0 bridgehead atoms. The summed E-state index contributed by atoms with van der Waals surface area (Å²) >= 11 is 0. The maximum atomic E-state index is 11.0. The minimum Gasteiger partial charge on any atom is -0.346 e. The summed E-state index contributed by atoms with van der Waals surface area (Å²) in [4.78, 5) is 0. The standard InChI is InChI=1S/C6H13NO2S/c1-10(8,9)6-2-4-7-5-3-6/h6-7H,2-5H2,1H3/p+1. The molecule has 2 N–H and O–H groups in total. The first-order chi connectivity index (χ1) is 4.61. The van der Waals surface area contributed by atoms with E-state index in [0.717, 1.165) is 25.9 Å². The van der Waals surface area contributed by atoms with Crippen molar-refractivity contribution in [3.8, 4) is 0 Å². The summed E-state index contributed by atoms with van der Waals surface area (Å²) in [6.45, 7) is 1.94. The van der Waals surface area contributed by atoms with E-state index >= 15 is 0 Å². The summed E-state index contributed by atoms with van der Waals surface area (Å²) in [7, 11) is -2.75. The van der Waals surface area contributed by atoms with Gasteiger partial charge >= 0.3 is 0 Å². The van der Waals surface area contributed by atoms with Crippen LogP contribution in [0.3, 0.4) is 0 Å². The van der Waals surface area contributed by atoms with Gasteiger partial charge in [-0.2, -0.15) is 0 Å². The van der Waals surface area contributed by atoms with Crippen molar-refractivity contribution in [2.45, 2.75) is 18.1 Å². The molecule has 0 aromatic heterocycles. The molecular formula is C6H14NO2S+. The molecule has 0 aromatic carbocycles. The van der Waals surface area contributed by atoms with Crippen LogP contribution in [0.4, 0.5) is 0 Å². The topological polar surface area (TPSA) is 50.8 Å². The van der Waals surface area contributed by atoms with E-state index in [4.69, 9.17) is 0 Å². The Balaban J connectivity index is 2.56. The van der Waals surface area contributed by atoms with Crippen LogP contribution in [0.2, 0.25) is 0 Å². The Kier molecular flexibility index (Phi) is 2.31. The normalized spacial score (nSPS) is 22.9. The molecule has 0 unspecified atom stereocenters. The zero-order chi connectivity index (χ0) is 7.61. The molecule has 0 atom stereocenters. The third kappa shape index (κ3) is 1.95. The van der Waals surface area contributed by atoms with Gasteiger partial charge in [0.25, 0.3) is 0 Å². The second-order valence-electron chi connectivity index (χ2n) is 2.89. The van der Waals surface area contributed by atoms with Gasteiger partial charge in [0.2, 0.25) is 0 Å². The number of rotatable bonds is 1. The Morgan fingerprint density at radius 2 is 1.80 bits per heavy atom. The molecule has 0 amide bonds. The smallest absolute Gasteiger partial charge is 0.150 e. The minimum absolute atomic E-state index is 0.0579. The second-order valence-corrected chi connectivity index (χ2v) is 5.22. The first-order valence-corrected chi connectivity index (χ1v) is 5.56. The highest BCUT2D eigenvalue weighted by molar-refractivity contribution is 7.91. The first-order valence-electron chi connectivity index (χ1n) is 3.61. The molecule has 1 saturated heterocycles. The van der Waals surface area contributed by atoms with Crippen LogP contribution >= 0.6 is 0 Å². The van der Waals surface area contributed by atoms with Gasteiger partial charge in [-0.25, -0.2) is 8.42 Å². The molecule has 0 spiro atoms. The molecule has 3 nitrogen and oxygen atoms in total. The van der Waals surface area contributed by atoms with Crippen molar-refractivity contribution in [1.29, 1.82) is 0 Å². The van der Waals surface area contributed by atoms with Gasteiger partial charge < -0.3 is 5.32 Å². The lowest BCUT2D eigenvalue weighted by atomic mass is 10.2. The van der Waals surface area contributed by atoms with Crippen molar-refractivity contribution >= 4 is 9.84 Å². The van der Waals surface area contributed by atoms with Crippen LogP contribution in [0.5, 0.6) is 0 Å². The molecule has 1 heterocycles. The van der Waals surface area contributed by atoms with E-state index in [0.29, 0.717) is 0 Å². The maximum absolute atomic E-state index is 11.0. The number of hydrogen-bond donors (Lipinski definition) is 1. The highest BCUT2D eigenvalue weighted by atomic mass is 32.2. The molecule has 0 radical (unpaired) electrons. The Labute approximate surface area is 61.7 Å². The molecule has 10 heavy (non-hydrogen) atoms. The molecule has 0 saturated carbocycles. The lowest BCUT2D eigenvalue weighted by Crippen LogP contribution is -2.86. The van der Waals surface area contributed by atoms with Crippen molar-refractivity contribution in [2.75, 3.05) is 19.3 Å². The van der Waals surface area contributed by atoms with Crippen LogP contribution in [0, 0.1) is 0 Å². The third-order valence-corrected chi connectivity index (χ3v) is 3.67. The van der Waals surface area contributed by atoms with E-state index in [-0.39, 0.29) is 5.25 Å². The number of hydrogen-bond acceptors (Lipinski definition) is 2. The van der Waals surface area contributed by atoms with Crippen molar-refractivity contribution in [3.05, 3.63) is 0 Å². The van der Waals surface area contributed by atoms with E-state index in [2.05, 4.69) is 5.32 Å². The highest BCUT2D eigenvalue weighted by Crippen LogP contribution is 2.08. The van der Waals surface area contributed by atoms with Gasteiger partial charge in [-0.3, -0.25) is 0 Å². The predicted octanol–water partition coefficient (Wildman–Crippen LogP) is -1.24. The van der Waals surface area contributed by atoms with Crippen LogP contribution in [-0.2, 0) is 9.84 Å². The van der Waals surface area contributed by atoms with Gasteiger partial charge in [-0.15, -0.1) is 0 Å². The monoisotopic (exact) mass is 164 g/mol. The van der Waals surface area contributed by atoms with E-state index in [9.17, 15) is 8.42 Å². The summed E-state index contributed by atoms with van der Waals surface area (Å²) < 4.78 is 21.9. The van der Waals surface area contributed by atoms with Crippen molar-refractivity contribution < 1.29 is 13.7 Å². The van der Waals surface area contributed by atoms with Gasteiger partial charge in [0, 0.05) is 19.1 Å². The lowest BCUT2D eigenvalue weighted by Gasteiger charge is -2.17. The van der Waals surface area contributed by atoms with E-state index in [1.165, 1.54) is 6.26 Å². The maximum Gasteiger partial charge on any atom is 0.150 e. The summed E-state index contributed by atoms with van der Waals surface area (Å²) in [5.41, 5.74) is 0. The Hall–Kier alpha value is -0.0900. The van der Waals surface area contributed by atoms with Crippen molar-refractivity contribution in [3.63, 3.8) is 0 Å². The number of piperidine rings is 1. The Morgan fingerprint density at radius 1 is 1.30 bits per heavy atom. The fraction of sp³-hybridized carbons (Fsp3) is 1.00. The van der Waals surface area contributed by atoms with Crippen LogP contribution in [-0.4, -0.2) is 33.0 Å². The number of nitrogens with two attached hydrogens (primary N) is 1. The average Bonchev–Trinajstić information content (AvgIpc) is 1.88. The van der Waals surface area contributed by atoms with Gasteiger partial charge in [0.15, 0.2) is 9.84 Å². The Morgan fingerprint density at radius 3 is 2.10 bits per heavy atom. The quantitative estimate of drug-likeness (QED) is 0.527. The predicted molar refractivity (Wildman–Crippen MR) is 39.5 cm³/mol.